The van der Waals surface area contributed by atoms with E-state index in [4.69, 9.17) is 14.2 Å². The van der Waals surface area contributed by atoms with Gasteiger partial charge < -0.3 is 14.2 Å². The largest absolute Gasteiger partial charge is 0.493 e. The second kappa shape index (κ2) is 7.34. The third-order valence-electron chi connectivity index (χ3n) is 4.10. The molecule has 3 rings (SSSR count). The zero-order valence-electron chi connectivity index (χ0n) is 15.2. The number of benzene rings is 2. The van der Waals surface area contributed by atoms with Crippen molar-refractivity contribution < 1.29 is 18.6 Å². The van der Waals surface area contributed by atoms with Gasteiger partial charge in [0.2, 0.25) is 12.0 Å². The lowest BCUT2D eigenvalue weighted by Gasteiger charge is -2.13. The van der Waals surface area contributed by atoms with Gasteiger partial charge in [-0.2, -0.15) is 0 Å². The number of halogens is 1. The van der Waals surface area contributed by atoms with Crippen LogP contribution < -0.4 is 14.2 Å². The van der Waals surface area contributed by atoms with Crippen LogP contribution in [0.5, 0.6) is 17.2 Å². The average Bonchev–Trinajstić information content (AvgIpc) is 2.97. The minimum atomic E-state index is -0.523. The highest BCUT2D eigenvalue weighted by molar-refractivity contribution is 5.51. The van der Waals surface area contributed by atoms with E-state index in [1.165, 1.54) is 6.07 Å². The Morgan fingerprint density at radius 3 is 2.52 bits per heavy atom. The van der Waals surface area contributed by atoms with Crippen LogP contribution in [0.1, 0.15) is 44.7 Å². The van der Waals surface area contributed by atoms with E-state index < -0.39 is 6.29 Å². The van der Waals surface area contributed by atoms with Crippen molar-refractivity contribution in [2.75, 3.05) is 6.61 Å². The molecule has 0 fully saturated rings. The maximum Gasteiger partial charge on any atom is 0.245 e. The lowest BCUT2D eigenvalue weighted by atomic mass is 10.0. The van der Waals surface area contributed by atoms with Crippen molar-refractivity contribution in [1.29, 1.82) is 0 Å². The fourth-order valence-electron chi connectivity index (χ4n) is 2.83. The molecule has 0 amide bonds. The maximum absolute atomic E-state index is 14.1. The van der Waals surface area contributed by atoms with Crippen molar-refractivity contribution in [3.05, 3.63) is 53.3 Å². The van der Waals surface area contributed by atoms with E-state index in [0.717, 1.165) is 16.9 Å². The highest BCUT2D eigenvalue weighted by Gasteiger charge is 2.30. The number of hydrogen-bond acceptors (Lipinski definition) is 3. The molecule has 0 bridgehead atoms. The molecule has 0 aromatic heterocycles. The Hall–Kier alpha value is -2.23. The Kier molecular flexibility index (Phi) is 5.16. The summed E-state index contributed by atoms with van der Waals surface area (Å²) in [6, 6.07) is 11.1. The zero-order valence-corrected chi connectivity index (χ0v) is 15.2. The van der Waals surface area contributed by atoms with E-state index >= 15 is 0 Å². The summed E-state index contributed by atoms with van der Waals surface area (Å²) in [7, 11) is 0. The topological polar surface area (TPSA) is 27.7 Å². The predicted molar refractivity (Wildman–Crippen MR) is 96.0 cm³/mol. The molecule has 1 heterocycles. The maximum atomic E-state index is 14.1. The number of rotatable bonds is 6. The van der Waals surface area contributed by atoms with Crippen LogP contribution in [0.25, 0.3) is 0 Å². The first-order valence-electron chi connectivity index (χ1n) is 8.81. The second-order valence-corrected chi connectivity index (χ2v) is 7.17. The van der Waals surface area contributed by atoms with Crippen LogP contribution in [-0.4, -0.2) is 12.9 Å². The molecule has 0 saturated carbocycles. The summed E-state index contributed by atoms with van der Waals surface area (Å²) in [4.78, 5) is 0. The van der Waals surface area contributed by atoms with Crippen LogP contribution in [0, 0.1) is 11.7 Å². The quantitative estimate of drug-likeness (QED) is 0.709. The molecule has 3 nitrogen and oxygen atoms in total. The fourth-order valence-corrected chi connectivity index (χ4v) is 2.83. The van der Waals surface area contributed by atoms with Crippen LogP contribution in [-0.2, 0) is 6.42 Å². The fraction of sp³-hybridized carbons (Fsp3) is 0.429. The summed E-state index contributed by atoms with van der Waals surface area (Å²) in [6.07, 6.45) is 0.00889. The minimum Gasteiger partial charge on any atom is -0.493 e. The van der Waals surface area contributed by atoms with Gasteiger partial charge in [-0.25, -0.2) is 4.39 Å². The molecule has 1 aliphatic rings. The Labute approximate surface area is 148 Å². The van der Waals surface area contributed by atoms with Crippen molar-refractivity contribution in [2.45, 2.75) is 46.3 Å². The van der Waals surface area contributed by atoms with E-state index in [1.54, 1.807) is 6.07 Å². The van der Waals surface area contributed by atoms with Gasteiger partial charge in [0.05, 0.1) is 6.61 Å². The van der Waals surface area contributed by atoms with Crippen LogP contribution in [0.2, 0.25) is 0 Å². The summed E-state index contributed by atoms with van der Waals surface area (Å²) in [6.45, 7) is 9.01. The van der Waals surface area contributed by atoms with E-state index in [0.29, 0.717) is 24.7 Å². The molecular formula is C21H25FO3. The molecule has 134 valence electrons. The van der Waals surface area contributed by atoms with Gasteiger partial charge in [0.1, 0.15) is 5.75 Å². The van der Waals surface area contributed by atoms with Crippen LogP contribution in [0.3, 0.4) is 0 Å². The highest BCUT2D eigenvalue weighted by Crippen LogP contribution is 2.43. The zero-order chi connectivity index (χ0) is 18.0. The smallest absolute Gasteiger partial charge is 0.245 e. The van der Waals surface area contributed by atoms with Gasteiger partial charge in [0, 0.05) is 12.0 Å². The first kappa shape index (κ1) is 17.6. The Bertz CT molecular complexity index is 740. The molecule has 2 aromatic carbocycles. The van der Waals surface area contributed by atoms with Gasteiger partial charge >= 0.3 is 0 Å². The van der Waals surface area contributed by atoms with Gasteiger partial charge in [0.15, 0.2) is 11.6 Å². The summed E-state index contributed by atoms with van der Waals surface area (Å²) >= 11 is 0. The Balaban J connectivity index is 1.72. The van der Waals surface area contributed by atoms with Crippen molar-refractivity contribution in [3.8, 4) is 17.2 Å². The third-order valence-corrected chi connectivity index (χ3v) is 4.10. The third kappa shape index (κ3) is 4.06. The van der Waals surface area contributed by atoms with E-state index in [9.17, 15) is 4.39 Å². The molecule has 1 atom stereocenters. The molecule has 0 aliphatic carbocycles. The first-order chi connectivity index (χ1) is 11.9. The standard InChI is InChI=1S/C21H25FO3/c1-13(2)12-23-16-7-5-6-15(10-16)11-19-24-20-17(14(3)4)8-9-18(22)21(20)25-19/h5-10,13-14,19H,11-12H2,1-4H3. The van der Waals surface area contributed by atoms with Gasteiger partial charge in [-0.05, 0) is 35.6 Å². The van der Waals surface area contributed by atoms with Crippen molar-refractivity contribution in [3.63, 3.8) is 0 Å². The van der Waals surface area contributed by atoms with Crippen molar-refractivity contribution in [2.24, 2.45) is 5.92 Å². The molecular weight excluding hydrogens is 319 g/mol. The molecule has 1 unspecified atom stereocenters. The Morgan fingerprint density at radius 1 is 1.04 bits per heavy atom. The van der Waals surface area contributed by atoms with E-state index in [1.807, 2.05) is 24.3 Å². The predicted octanol–water partition coefficient (Wildman–Crippen LogP) is 5.32. The molecule has 0 saturated heterocycles. The monoisotopic (exact) mass is 344 g/mol. The van der Waals surface area contributed by atoms with Crippen molar-refractivity contribution in [1.82, 2.24) is 0 Å². The number of hydrogen-bond donors (Lipinski definition) is 0. The van der Waals surface area contributed by atoms with Gasteiger partial charge in [-0.1, -0.05) is 45.9 Å². The summed E-state index contributed by atoms with van der Waals surface area (Å²) in [5.41, 5.74) is 2.00. The van der Waals surface area contributed by atoms with E-state index in [-0.39, 0.29) is 17.5 Å². The molecule has 2 aromatic rings. The summed E-state index contributed by atoms with van der Waals surface area (Å²) in [5, 5.41) is 0. The molecule has 1 aliphatic heterocycles. The first-order valence-corrected chi connectivity index (χ1v) is 8.81. The van der Waals surface area contributed by atoms with Gasteiger partial charge in [0.25, 0.3) is 0 Å². The molecule has 25 heavy (non-hydrogen) atoms. The molecule has 0 radical (unpaired) electrons. The molecule has 0 spiro atoms. The highest BCUT2D eigenvalue weighted by atomic mass is 19.1. The normalized spacial score (nSPS) is 15.9. The number of ether oxygens (including phenoxy) is 3. The lowest BCUT2D eigenvalue weighted by molar-refractivity contribution is 0.0478. The molecule has 4 heteroatoms. The molecule has 0 N–H and O–H groups in total. The minimum absolute atomic E-state index is 0.225. The van der Waals surface area contributed by atoms with Crippen molar-refractivity contribution >= 4 is 0 Å². The van der Waals surface area contributed by atoms with Crippen LogP contribution in [0.4, 0.5) is 4.39 Å². The van der Waals surface area contributed by atoms with Gasteiger partial charge in [-0.15, -0.1) is 0 Å². The summed E-state index contributed by atoms with van der Waals surface area (Å²) < 4.78 is 31.5. The Morgan fingerprint density at radius 2 is 1.80 bits per heavy atom. The van der Waals surface area contributed by atoms with Crippen LogP contribution >= 0.6 is 0 Å². The second-order valence-electron chi connectivity index (χ2n) is 7.17. The van der Waals surface area contributed by atoms with Crippen LogP contribution in [0.15, 0.2) is 36.4 Å². The van der Waals surface area contributed by atoms with Gasteiger partial charge in [-0.3, -0.25) is 0 Å². The lowest BCUT2D eigenvalue weighted by Crippen LogP contribution is -2.21. The SMILES string of the molecule is CC(C)COc1cccc(CC2Oc3c(F)ccc(C(C)C)c3O2)c1. The number of fused-ring (bicyclic) bond motifs is 1. The average molecular weight is 344 g/mol. The summed E-state index contributed by atoms with van der Waals surface area (Å²) in [5.74, 6) is 1.92. The van der Waals surface area contributed by atoms with E-state index in [2.05, 4.69) is 27.7 Å².